The first-order valence-electron chi connectivity index (χ1n) is 6.04. The predicted octanol–water partition coefficient (Wildman–Crippen LogP) is -1.61. The monoisotopic (exact) mass is 282 g/mol. The van der Waals surface area contributed by atoms with E-state index in [1.54, 1.807) is 0 Å². The number of ether oxygens (including phenoxy) is 2. The van der Waals surface area contributed by atoms with Gasteiger partial charge in [-0.2, -0.15) is 0 Å². The van der Waals surface area contributed by atoms with E-state index in [-0.39, 0.29) is 17.7 Å². The number of rotatable bonds is 3. The molecule has 0 saturated carbocycles. The Kier molecular flexibility index (Phi) is 3.26. The van der Waals surface area contributed by atoms with Crippen molar-refractivity contribution in [3.05, 3.63) is 23.0 Å². The number of H-pyrrole nitrogens is 1. The number of aliphatic hydroxyl groups is 2. The van der Waals surface area contributed by atoms with Crippen LogP contribution in [0, 0.1) is 0 Å². The van der Waals surface area contributed by atoms with Crippen molar-refractivity contribution >= 4 is 11.2 Å². The van der Waals surface area contributed by atoms with Gasteiger partial charge in [-0.1, -0.05) is 0 Å². The quantitative estimate of drug-likeness (QED) is 0.618. The summed E-state index contributed by atoms with van der Waals surface area (Å²) >= 11 is 0. The minimum atomic E-state index is -1.00. The number of aromatic amines is 1. The van der Waals surface area contributed by atoms with Crippen LogP contribution in [-0.4, -0.2) is 61.8 Å². The number of hydrogen-bond donors (Lipinski definition) is 3. The van der Waals surface area contributed by atoms with E-state index in [4.69, 9.17) is 9.47 Å². The summed E-state index contributed by atoms with van der Waals surface area (Å²) in [5.41, 5.74) is 0.0826. The first-order chi connectivity index (χ1) is 9.67. The lowest BCUT2D eigenvalue weighted by Crippen LogP contribution is -2.35. The zero-order valence-corrected chi connectivity index (χ0v) is 10.6. The highest BCUT2D eigenvalue weighted by Crippen LogP contribution is 2.32. The minimum Gasteiger partial charge on any atom is -0.394 e. The van der Waals surface area contributed by atoms with Crippen LogP contribution in [0.15, 0.2) is 17.4 Å². The number of aliphatic hydroxyl groups excluding tert-OH is 2. The summed E-state index contributed by atoms with van der Waals surface area (Å²) in [7, 11) is 1.43. The molecule has 3 rings (SSSR count). The van der Waals surface area contributed by atoms with Crippen LogP contribution >= 0.6 is 0 Å². The van der Waals surface area contributed by atoms with Gasteiger partial charge in [-0.05, 0) is 0 Å². The van der Waals surface area contributed by atoms with Gasteiger partial charge < -0.3 is 24.7 Å². The zero-order chi connectivity index (χ0) is 14.3. The van der Waals surface area contributed by atoms with Crippen LogP contribution in [0.2, 0.25) is 0 Å². The normalized spacial score (nSPS) is 30.1. The summed E-state index contributed by atoms with van der Waals surface area (Å²) in [6, 6.07) is 0. The molecule has 9 heteroatoms. The molecule has 108 valence electrons. The molecule has 0 radical (unpaired) electrons. The lowest BCUT2D eigenvalue weighted by Gasteiger charge is -2.17. The molecule has 4 atom stereocenters. The van der Waals surface area contributed by atoms with Crippen molar-refractivity contribution in [2.75, 3.05) is 13.7 Å². The summed E-state index contributed by atoms with van der Waals surface area (Å²) in [5, 5.41) is 19.5. The minimum absolute atomic E-state index is 0.157. The lowest BCUT2D eigenvalue weighted by molar-refractivity contribution is -0.0535. The third-order valence-corrected chi connectivity index (χ3v) is 3.40. The van der Waals surface area contributed by atoms with Gasteiger partial charge in [0.05, 0.1) is 19.3 Å². The number of hydrogen-bond acceptors (Lipinski definition) is 7. The van der Waals surface area contributed by atoms with Crippen molar-refractivity contribution in [2.24, 2.45) is 0 Å². The van der Waals surface area contributed by atoms with E-state index >= 15 is 0 Å². The van der Waals surface area contributed by atoms with Crippen molar-refractivity contribution < 1.29 is 19.7 Å². The van der Waals surface area contributed by atoms with Gasteiger partial charge in [0.25, 0.3) is 5.56 Å². The molecule has 1 aliphatic heterocycles. The molecular formula is C11H14N4O5. The molecule has 0 bridgehead atoms. The van der Waals surface area contributed by atoms with Crippen molar-refractivity contribution in [3.63, 3.8) is 0 Å². The van der Waals surface area contributed by atoms with Crippen LogP contribution in [0.3, 0.4) is 0 Å². The number of nitrogens with one attached hydrogen (secondary N) is 1. The highest BCUT2D eigenvalue weighted by molar-refractivity contribution is 5.68. The predicted molar refractivity (Wildman–Crippen MR) is 65.9 cm³/mol. The number of fused-ring (bicyclic) bond motifs is 1. The third-order valence-electron chi connectivity index (χ3n) is 3.40. The van der Waals surface area contributed by atoms with Gasteiger partial charge in [0.1, 0.15) is 18.3 Å². The topological polar surface area (TPSA) is 122 Å². The molecular weight excluding hydrogens is 268 g/mol. The van der Waals surface area contributed by atoms with E-state index in [1.807, 2.05) is 0 Å². The molecule has 20 heavy (non-hydrogen) atoms. The highest BCUT2D eigenvalue weighted by atomic mass is 16.6. The van der Waals surface area contributed by atoms with E-state index in [0.717, 1.165) is 0 Å². The zero-order valence-electron chi connectivity index (χ0n) is 10.6. The summed E-state index contributed by atoms with van der Waals surface area (Å²) in [5.74, 6) is 0. The van der Waals surface area contributed by atoms with Crippen molar-refractivity contribution in [1.82, 2.24) is 19.5 Å². The lowest BCUT2D eigenvalue weighted by atomic mass is 10.1. The molecule has 1 saturated heterocycles. The van der Waals surface area contributed by atoms with Crippen molar-refractivity contribution in [3.8, 4) is 0 Å². The maximum atomic E-state index is 11.6. The van der Waals surface area contributed by atoms with Gasteiger partial charge in [0.2, 0.25) is 0 Å². The van der Waals surface area contributed by atoms with Crippen LogP contribution in [0.1, 0.15) is 6.23 Å². The summed E-state index contributed by atoms with van der Waals surface area (Å²) in [4.78, 5) is 22.0. The molecule has 3 heterocycles. The molecule has 0 aromatic carbocycles. The van der Waals surface area contributed by atoms with Gasteiger partial charge in [-0.15, -0.1) is 0 Å². The summed E-state index contributed by atoms with van der Waals surface area (Å²) in [6.07, 6.45) is -0.523. The Bertz CT molecular complexity index is 668. The number of methoxy groups -OCH3 is 1. The summed E-state index contributed by atoms with van der Waals surface area (Å²) < 4.78 is 12.2. The maximum absolute atomic E-state index is 11.6. The molecule has 0 unspecified atom stereocenters. The fraction of sp³-hybridized carbons (Fsp3) is 0.545. The molecule has 3 N–H and O–H groups in total. The second-order valence-electron chi connectivity index (χ2n) is 4.49. The number of imidazole rings is 1. The van der Waals surface area contributed by atoms with Crippen molar-refractivity contribution in [2.45, 2.75) is 24.5 Å². The number of aromatic nitrogens is 4. The maximum Gasteiger partial charge on any atom is 0.278 e. The Morgan fingerprint density at radius 2 is 2.35 bits per heavy atom. The molecule has 2 aromatic rings. The largest absolute Gasteiger partial charge is 0.394 e. The Balaban J connectivity index is 2.04. The molecule has 1 fully saturated rings. The Hall–Kier alpha value is -1.81. The average Bonchev–Trinajstić information content (AvgIpc) is 3.00. The van der Waals surface area contributed by atoms with E-state index in [1.165, 1.54) is 24.3 Å². The highest BCUT2D eigenvalue weighted by Gasteiger charge is 2.45. The standard InChI is InChI=1S/C11H14N4O5/c1-19-8-5(2-16)20-11(7(8)17)15-4-14-6-9(15)12-3-13-10(6)18/h3-5,7-8,11,16-17H,2H2,1H3,(H,12,13,18)/t5-,7+,8+,11-/m0/s1. The smallest absolute Gasteiger partial charge is 0.278 e. The molecule has 0 spiro atoms. The Morgan fingerprint density at radius 1 is 1.55 bits per heavy atom. The van der Waals surface area contributed by atoms with Gasteiger partial charge in [-0.3, -0.25) is 9.36 Å². The van der Waals surface area contributed by atoms with E-state index in [9.17, 15) is 15.0 Å². The summed E-state index contributed by atoms with van der Waals surface area (Å²) in [6.45, 7) is -0.285. The van der Waals surface area contributed by atoms with Crippen LogP contribution in [0.25, 0.3) is 11.2 Å². The first kappa shape index (κ1) is 13.2. The second kappa shape index (κ2) is 4.94. The van der Waals surface area contributed by atoms with Crippen LogP contribution in [-0.2, 0) is 9.47 Å². The van der Waals surface area contributed by atoms with Crippen LogP contribution < -0.4 is 5.56 Å². The molecule has 1 aliphatic rings. The van der Waals surface area contributed by atoms with E-state index < -0.39 is 24.5 Å². The van der Waals surface area contributed by atoms with Gasteiger partial charge >= 0.3 is 0 Å². The van der Waals surface area contributed by atoms with Gasteiger partial charge in [-0.25, -0.2) is 9.97 Å². The Labute approximate surface area is 112 Å². The van der Waals surface area contributed by atoms with E-state index in [0.29, 0.717) is 5.65 Å². The number of nitrogens with zero attached hydrogens (tertiary/aromatic N) is 3. The van der Waals surface area contributed by atoms with Gasteiger partial charge in [0.15, 0.2) is 17.4 Å². The van der Waals surface area contributed by atoms with Crippen LogP contribution in [0.4, 0.5) is 0 Å². The fourth-order valence-corrected chi connectivity index (χ4v) is 2.44. The van der Waals surface area contributed by atoms with Crippen LogP contribution in [0.5, 0.6) is 0 Å². The van der Waals surface area contributed by atoms with E-state index in [2.05, 4.69) is 15.0 Å². The molecule has 9 nitrogen and oxygen atoms in total. The third kappa shape index (κ3) is 1.83. The molecule has 2 aromatic heterocycles. The average molecular weight is 282 g/mol. The van der Waals surface area contributed by atoms with Gasteiger partial charge in [0, 0.05) is 7.11 Å². The van der Waals surface area contributed by atoms with Crippen molar-refractivity contribution in [1.29, 1.82) is 0 Å². The molecule has 0 aliphatic carbocycles. The Morgan fingerprint density at radius 3 is 3.00 bits per heavy atom. The fourth-order valence-electron chi connectivity index (χ4n) is 2.44. The molecule has 0 amide bonds. The second-order valence-corrected chi connectivity index (χ2v) is 4.49. The first-order valence-corrected chi connectivity index (χ1v) is 6.04. The SMILES string of the molecule is CO[C@H]1[C@@H](O)[C@@H](n2cnc3c(=O)[nH]cnc32)O[C@H]1CO.